The quantitative estimate of drug-likeness (QED) is 0.432. The average Bonchev–Trinajstić information content (AvgIpc) is 3.03. The molecule has 0 saturated carbocycles. The van der Waals surface area contributed by atoms with Crippen LogP contribution in [-0.4, -0.2) is 31.0 Å². The molecule has 0 aliphatic carbocycles. The predicted octanol–water partition coefficient (Wildman–Crippen LogP) is 4.88. The summed E-state index contributed by atoms with van der Waals surface area (Å²) in [6.45, 7) is 0. The van der Waals surface area contributed by atoms with E-state index in [0.717, 1.165) is 32.0 Å². The number of aldehydes is 1. The Morgan fingerprint density at radius 1 is 1.27 bits per heavy atom. The summed E-state index contributed by atoms with van der Waals surface area (Å²) in [5.41, 5.74) is 2.50. The summed E-state index contributed by atoms with van der Waals surface area (Å²) in [5, 5.41) is 3.03. The van der Waals surface area contributed by atoms with E-state index in [2.05, 4.69) is 37.2 Å². The Morgan fingerprint density at radius 2 is 2.00 bits per heavy atom. The fraction of sp³-hybridized carbons (Fsp3) is 0.318. The van der Waals surface area contributed by atoms with E-state index in [1.54, 1.807) is 0 Å². The van der Waals surface area contributed by atoms with Crippen molar-refractivity contribution < 1.29 is 19.1 Å². The van der Waals surface area contributed by atoms with Crippen LogP contribution in [0.3, 0.4) is 0 Å². The Hall–Kier alpha value is -1.64. The van der Waals surface area contributed by atoms with Gasteiger partial charge in [0.05, 0.1) is 12.8 Å². The summed E-state index contributed by atoms with van der Waals surface area (Å²) in [6, 6.07) is 13.4. The van der Waals surface area contributed by atoms with Gasteiger partial charge in [-0.05, 0) is 51.4 Å². The minimum atomic E-state index is -0.953. The Bertz CT molecular complexity index is 1010. The van der Waals surface area contributed by atoms with E-state index in [9.17, 15) is 14.4 Å². The lowest BCUT2D eigenvalue weighted by Crippen LogP contribution is -2.48. The lowest BCUT2D eigenvalue weighted by Gasteiger charge is -2.46. The van der Waals surface area contributed by atoms with E-state index in [1.165, 1.54) is 18.9 Å². The number of nitrogens with one attached hydrogen (secondary N) is 1. The standard InChI is InChI=1S/C22H19Br2NO4S/c1-29-18(27)9-13-11-30-22(16-3-2-4-17(24)20(16)25-21(22)28)19(15(13)10-26)12-5-7-14(23)8-6-12/h2-8,10,13,15,19H,9,11H2,1H3,(H,25,28). The zero-order chi connectivity index (χ0) is 21.5. The van der Waals surface area contributed by atoms with Crippen LogP contribution >= 0.6 is 43.6 Å². The van der Waals surface area contributed by atoms with Crippen molar-refractivity contribution in [1.29, 1.82) is 0 Å². The summed E-state index contributed by atoms with van der Waals surface area (Å²) in [4.78, 5) is 37.9. The summed E-state index contributed by atoms with van der Waals surface area (Å²) < 4.78 is 5.62. The molecule has 1 N–H and O–H groups in total. The molecular weight excluding hydrogens is 534 g/mol. The highest BCUT2D eigenvalue weighted by atomic mass is 79.9. The Kier molecular flexibility index (Phi) is 6.10. The topological polar surface area (TPSA) is 72.5 Å². The molecule has 1 amide bonds. The summed E-state index contributed by atoms with van der Waals surface area (Å²) in [7, 11) is 1.35. The molecule has 4 rings (SSSR count). The lowest BCUT2D eigenvalue weighted by atomic mass is 9.68. The summed E-state index contributed by atoms with van der Waals surface area (Å²) in [5.74, 6) is -1.13. The fourth-order valence-corrected chi connectivity index (χ4v) is 7.06. The largest absolute Gasteiger partial charge is 0.469 e. The number of carbonyl (C=O) groups is 3. The zero-order valence-electron chi connectivity index (χ0n) is 16.1. The first kappa shape index (κ1) is 21.6. The highest BCUT2D eigenvalue weighted by Gasteiger charge is 2.60. The second-order valence-electron chi connectivity index (χ2n) is 7.45. The molecule has 0 radical (unpaired) electrons. The van der Waals surface area contributed by atoms with E-state index in [4.69, 9.17) is 4.74 Å². The number of thioether (sulfide) groups is 1. The van der Waals surface area contributed by atoms with Gasteiger partial charge in [0.1, 0.15) is 11.0 Å². The second-order valence-corrected chi connectivity index (χ2v) is 10.5. The normalized spacial score (nSPS) is 27.4. The third-order valence-corrected chi connectivity index (χ3v) is 8.82. The Labute approximate surface area is 195 Å². The molecule has 2 heterocycles. The van der Waals surface area contributed by atoms with Gasteiger partial charge in [-0.3, -0.25) is 9.59 Å². The van der Waals surface area contributed by atoms with Gasteiger partial charge in [0.15, 0.2) is 0 Å². The highest BCUT2D eigenvalue weighted by molar-refractivity contribution is 9.10. The van der Waals surface area contributed by atoms with Gasteiger partial charge in [-0.25, -0.2) is 0 Å². The first-order chi connectivity index (χ1) is 14.4. The smallest absolute Gasteiger partial charge is 0.305 e. The number of hydrogen-bond acceptors (Lipinski definition) is 5. The minimum absolute atomic E-state index is 0.134. The van der Waals surface area contributed by atoms with Crippen molar-refractivity contribution in [3.05, 3.63) is 62.5 Å². The van der Waals surface area contributed by atoms with Gasteiger partial charge in [0, 0.05) is 32.8 Å². The molecule has 156 valence electrons. The maximum atomic E-state index is 13.5. The van der Waals surface area contributed by atoms with Crippen LogP contribution in [0.2, 0.25) is 0 Å². The number of amides is 1. The summed E-state index contributed by atoms with van der Waals surface area (Å²) >= 11 is 8.50. The molecule has 8 heteroatoms. The van der Waals surface area contributed by atoms with Crippen molar-refractivity contribution in [2.24, 2.45) is 11.8 Å². The van der Waals surface area contributed by atoms with Crippen LogP contribution in [0.15, 0.2) is 51.4 Å². The number of hydrogen-bond donors (Lipinski definition) is 1. The molecule has 2 aliphatic heterocycles. The molecule has 2 aliphatic rings. The number of anilines is 1. The number of carbonyl (C=O) groups excluding carboxylic acids is 3. The van der Waals surface area contributed by atoms with Gasteiger partial charge < -0.3 is 14.8 Å². The predicted molar refractivity (Wildman–Crippen MR) is 123 cm³/mol. The Morgan fingerprint density at radius 3 is 2.67 bits per heavy atom. The highest BCUT2D eigenvalue weighted by Crippen LogP contribution is 2.62. The third kappa shape index (κ3) is 3.42. The molecule has 0 bridgehead atoms. The first-order valence-electron chi connectivity index (χ1n) is 9.44. The number of benzene rings is 2. The fourth-order valence-electron chi connectivity index (χ4n) is 4.53. The van der Waals surface area contributed by atoms with E-state index in [-0.39, 0.29) is 24.2 Å². The average molecular weight is 553 g/mol. The molecule has 1 fully saturated rings. The molecule has 2 aromatic carbocycles. The van der Waals surface area contributed by atoms with E-state index >= 15 is 0 Å². The summed E-state index contributed by atoms with van der Waals surface area (Å²) in [6.07, 6.45) is 1.05. The van der Waals surface area contributed by atoms with E-state index in [1.807, 2.05) is 42.5 Å². The molecule has 1 saturated heterocycles. The molecule has 30 heavy (non-hydrogen) atoms. The van der Waals surface area contributed by atoms with Crippen molar-refractivity contribution in [2.75, 3.05) is 18.2 Å². The van der Waals surface area contributed by atoms with Gasteiger partial charge in [-0.15, -0.1) is 11.8 Å². The maximum absolute atomic E-state index is 13.5. The number of methoxy groups -OCH3 is 1. The van der Waals surface area contributed by atoms with Crippen LogP contribution in [-0.2, 0) is 23.9 Å². The molecule has 5 nitrogen and oxygen atoms in total. The molecule has 4 unspecified atom stereocenters. The van der Waals surface area contributed by atoms with Crippen LogP contribution in [0.4, 0.5) is 5.69 Å². The van der Waals surface area contributed by atoms with Crippen molar-refractivity contribution in [2.45, 2.75) is 17.1 Å². The number of fused-ring (bicyclic) bond motifs is 2. The van der Waals surface area contributed by atoms with Crippen molar-refractivity contribution in [3.8, 4) is 0 Å². The lowest BCUT2D eigenvalue weighted by molar-refractivity contribution is -0.142. The number of halogens is 2. The van der Waals surface area contributed by atoms with Crippen molar-refractivity contribution in [1.82, 2.24) is 0 Å². The van der Waals surface area contributed by atoms with Crippen LogP contribution in [0.1, 0.15) is 23.5 Å². The maximum Gasteiger partial charge on any atom is 0.305 e. The number of para-hydroxylation sites is 1. The zero-order valence-corrected chi connectivity index (χ0v) is 20.1. The minimum Gasteiger partial charge on any atom is -0.469 e. The second kappa shape index (κ2) is 8.48. The van der Waals surface area contributed by atoms with Gasteiger partial charge in [-0.2, -0.15) is 0 Å². The molecule has 0 aromatic heterocycles. The third-order valence-electron chi connectivity index (χ3n) is 5.92. The number of ether oxygens (including phenoxy) is 1. The van der Waals surface area contributed by atoms with Gasteiger partial charge in [0.25, 0.3) is 0 Å². The van der Waals surface area contributed by atoms with Crippen LogP contribution in [0.25, 0.3) is 0 Å². The van der Waals surface area contributed by atoms with Gasteiger partial charge in [-0.1, -0.05) is 40.2 Å². The number of rotatable bonds is 4. The van der Waals surface area contributed by atoms with Gasteiger partial charge >= 0.3 is 5.97 Å². The molecule has 2 aromatic rings. The van der Waals surface area contributed by atoms with E-state index < -0.39 is 16.6 Å². The molecule has 1 spiro atoms. The molecule has 4 atom stereocenters. The SMILES string of the molecule is COC(=O)CC1CSC2(C(=O)Nc3c(Br)cccc32)C(c2ccc(Br)cc2)C1C=O. The van der Waals surface area contributed by atoms with Crippen molar-refractivity contribution in [3.63, 3.8) is 0 Å². The molecular formula is C22H19Br2NO4S. The Balaban J connectivity index is 1.90. The number of esters is 1. The van der Waals surface area contributed by atoms with Crippen LogP contribution < -0.4 is 5.32 Å². The first-order valence-corrected chi connectivity index (χ1v) is 12.0. The monoisotopic (exact) mass is 551 g/mol. The van der Waals surface area contributed by atoms with Crippen molar-refractivity contribution >= 4 is 67.5 Å². The van der Waals surface area contributed by atoms with E-state index in [0.29, 0.717) is 5.75 Å². The van der Waals surface area contributed by atoms with Gasteiger partial charge in [0.2, 0.25) is 5.91 Å². The van der Waals surface area contributed by atoms with Crippen LogP contribution in [0, 0.1) is 11.8 Å². The van der Waals surface area contributed by atoms with Crippen LogP contribution in [0.5, 0.6) is 0 Å².